The van der Waals surface area contributed by atoms with Crippen LogP contribution in [0.5, 0.6) is 0 Å². The Morgan fingerprint density at radius 2 is 2.26 bits per heavy atom. The normalized spacial score (nSPS) is 23.3. The van der Waals surface area contributed by atoms with Gasteiger partial charge in [0.1, 0.15) is 0 Å². The van der Waals surface area contributed by atoms with E-state index in [4.69, 9.17) is 5.73 Å². The number of aliphatic hydroxyl groups is 1. The van der Waals surface area contributed by atoms with Gasteiger partial charge in [0.05, 0.1) is 12.3 Å². The highest BCUT2D eigenvalue weighted by molar-refractivity contribution is 5.42. The van der Waals surface area contributed by atoms with Gasteiger partial charge >= 0.3 is 0 Å². The van der Waals surface area contributed by atoms with E-state index in [2.05, 4.69) is 17.2 Å². The molecule has 3 rings (SSSR count). The highest BCUT2D eigenvalue weighted by Gasteiger charge is 2.44. The molecule has 1 aliphatic rings. The summed E-state index contributed by atoms with van der Waals surface area (Å²) in [6, 6.07) is 8.28. The van der Waals surface area contributed by atoms with Crippen LogP contribution >= 0.6 is 0 Å². The van der Waals surface area contributed by atoms with E-state index in [1.807, 2.05) is 25.4 Å². The predicted molar refractivity (Wildman–Crippen MR) is 73.7 cm³/mol. The molecule has 0 spiro atoms. The number of aliphatic hydroxyl groups excluding tert-OH is 1. The number of fused-ring (bicyclic) bond motifs is 1. The van der Waals surface area contributed by atoms with Crippen molar-refractivity contribution in [2.75, 3.05) is 6.54 Å². The Morgan fingerprint density at radius 3 is 2.95 bits per heavy atom. The van der Waals surface area contributed by atoms with Crippen LogP contribution in [-0.4, -0.2) is 21.4 Å². The molecular weight excluding hydrogens is 238 g/mol. The van der Waals surface area contributed by atoms with Crippen LogP contribution in [0.3, 0.4) is 0 Å². The van der Waals surface area contributed by atoms with Crippen LogP contribution < -0.4 is 5.73 Å². The molecule has 0 saturated heterocycles. The van der Waals surface area contributed by atoms with Crippen LogP contribution in [0, 0.1) is 0 Å². The molecule has 1 heterocycles. The van der Waals surface area contributed by atoms with Crippen molar-refractivity contribution in [2.45, 2.75) is 24.4 Å². The minimum absolute atomic E-state index is 0.375. The van der Waals surface area contributed by atoms with Gasteiger partial charge in [0.15, 0.2) is 0 Å². The van der Waals surface area contributed by atoms with Gasteiger partial charge in [-0.25, -0.2) is 0 Å². The van der Waals surface area contributed by atoms with Crippen molar-refractivity contribution in [2.24, 2.45) is 12.8 Å². The van der Waals surface area contributed by atoms with E-state index in [0.717, 1.165) is 18.4 Å². The van der Waals surface area contributed by atoms with Gasteiger partial charge in [-0.3, -0.25) is 4.68 Å². The number of rotatable bonds is 3. The summed E-state index contributed by atoms with van der Waals surface area (Å²) in [6.45, 7) is 0.445. The minimum Gasteiger partial charge on any atom is -0.387 e. The standard InChI is InChI=1S/C15H19N3O/c1-18-9-12(8-17-18)14(19)15(10-16)7-6-11-4-2-3-5-13(11)15/h2-5,8-9,14,19H,6-7,10,16H2,1H3. The SMILES string of the molecule is Cn1cc(C(O)C2(CN)CCc3ccccc32)cn1. The van der Waals surface area contributed by atoms with Crippen molar-refractivity contribution in [3.05, 3.63) is 53.3 Å². The molecule has 1 aromatic heterocycles. The van der Waals surface area contributed by atoms with Gasteiger partial charge in [0.2, 0.25) is 0 Å². The Morgan fingerprint density at radius 1 is 1.47 bits per heavy atom. The number of aromatic nitrogens is 2. The Labute approximate surface area is 112 Å². The van der Waals surface area contributed by atoms with Crippen LogP contribution in [-0.2, 0) is 18.9 Å². The average molecular weight is 257 g/mol. The van der Waals surface area contributed by atoms with E-state index in [-0.39, 0.29) is 5.41 Å². The number of aryl methyl sites for hydroxylation is 2. The molecule has 0 radical (unpaired) electrons. The summed E-state index contributed by atoms with van der Waals surface area (Å²) in [5.74, 6) is 0. The van der Waals surface area contributed by atoms with E-state index in [1.54, 1.807) is 10.9 Å². The second-order valence-electron chi connectivity index (χ2n) is 5.37. The Kier molecular flexibility index (Phi) is 2.92. The summed E-state index contributed by atoms with van der Waals surface area (Å²) in [6.07, 6.45) is 4.85. The van der Waals surface area contributed by atoms with Crippen LogP contribution in [0.4, 0.5) is 0 Å². The molecule has 0 bridgehead atoms. The van der Waals surface area contributed by atoms with Gasteiger partial charge in [-0.05, 0) is 24.0 Å². The maximum atomic E-state index is 10.8. The highest BCUT2D eigenvalue weighted by Crippen LogP contribution is 2.46. The second kappa shape index (κ2) is 4.47. The van der Waals surface area contributed by atoms with Crippen molar-refractivity contribution in [1.29, 1.82) is 0 Å². The monoisotopic (exact) mass is 257 g/mol. The molecule has 100 valence electrons. The molecule has 2 atom stereocenters. The maximum absolute atomic E-state index is 10.8. The van der Waals surface area contributed by atoms with Crippen LogP contribution in [0.1, 0.15) is 29.2 Å². The van der Waals surface area contributed by atoms with E-state index >= 15 is 0 Å². The maximum Gasteiger partial charge on any atom is 0.0929 e. The smallest absolute Gasteiger partial charge is 0.0929 e. The van der Waals surface area contributed by atoms with Crippen molar-refractivity contribution < 1.29 is 5.11 Å². The molecule has 2 unspecified atom stereocenters. The van der Waals surface area contributed by atoms with Gasteiger partial charge in [0, 0.05) is 30.8 Å². The number of hydrogen-bond acceptors (Lipinski definition) is 3. The third-order valence-corrected chi connectivity index (χ3v) is 4.32. The quantitative estimate of drug-likeness (QED) is 0.871. The molecule has 3 N–H and O–H groups in total. The molecular formula is C15H19N3O. The third-order valence-electron chi connectivity index (χ3n) is 4.32. The first-order valence-electron chi connectivity index (χ1n) is 6.62. The van der Waals surface area contributed by atoms with Crippen molar-refractivity contribution in [1.82, 2.24) is 9.78 Å². The minimum atomic E-state index is -0.602. The van der Waals surface area contributed by atoms with Gasteiger partial charge in [-0.1, -0.05) is 24.3 Å². The molecule has 0 aliphatic heterocycles. The Balaban J connectivity index is 2.06. The van der Waals surface area contributed by atoms with Crippen LogP contribution in [0.2, 0.25) is 0 Å². The summed E-state index contributed by atoms with van der Waals surface area (Å²) in [7, 11) is 1.86. The predicted octanol–water partition coefficient (Wildman–Crippen LogP) is 1.30. The lowest BCUT2D eigenvalue weighted by molar-refractivity contribution is 0.0840. The summed E-state index contributed by atoms with van der Waals surface area (Å²) < 4.78 is 1.71. The number of benzene rings is 1. The molecule has 1 aliphatic carbocycles. The lowest BCUT2D eigenvalue weighted by atomic mass is 9.75. The molecule has 1 aromatic carbocycles. The lowest BCUT2D eigenvalue weighted by Crippen LogP contribution is -2.39. The molecule has 19 heavy (non-hydrogen) atoms. The average Bonchev–Trinajstić information content (AvgIpc) is 3.02. The van der Waals surface area contributed by atoms with Crippen LogP contribution in [0.15, 0.2) is 36.7 Å². The fourth-order valence-electron chi connectivity index (χ4n) is 3.22. The first-order valence-corrected chi connectivity index (χ1v) is 6.62. The zero-order valence-electron chi connectivity index (χ0n) is 11.1. The fraction of sp³-hybridized carbons (Fsp3) is 0.400. The summed E-state index contributed by atoms with van der Waals surface area (Å²) in [5, 5.41) is 14.9. The fourth-order valence-corrected chi connectivity index (χ4v) is 3.22. The van der Waals surface area contributed by atoms with Gasteiger partial charge < -0.3 is 10.8 Å². The highest BCUT2D eigenvalue weighted by atomic mass is 16.3. The number of nitrogens with zero attached hydrogens (tertiary/aromatic N) is 2. The van der Waals surface area contributed by atoms with Crippen LogP contribution in [0.25, 0.3) is 0 Å². The van der Waals surface area contributed by atoms with E-state index in [9.17, 15) is 5.11 Å². The number of nitrogens with two attached hydrogens (primary N) is 1. The van der Waals surface area contributed by atoms with Crippen molar-refractivity contribution >= 4 is 0 Å². The Bertz CT molecular complexity index is 593. The van der Waals surface area contributed by atoms with Gasteiger partial charge in [-0.2, -0.15) is 5.10 Å². The topological polar surface area (TPSA) is 64.1 Å². The van der Waals surface area contributed by atoms with Crippen molar-refractivity contribution in [3.63, 3.8) is 0 Å². The van der Waals surface area contributed by atoms with Crippen molar-refractivity contribution in [3.8, 4) is 0 Å². The largest absolute Gasteiger partial charge is 0.387 e. The summed E-state index contributed by atoms with van der Waals surface area (Å²) in [4.78, 5) is 0. The van der Waals surface area contributed by atoms with Gasteiger partial charge in [0.25, 0.3) is 0 Å². The third kappa shape index (κ3) is 1.79. The van der Waals surface area contributed by atoms with E-state index in [1.165, 1.54) is 11.1 Å². The number of hydrogen-bond donors (Lipinski definition) is 2. The first kappa shape index (κ1) is 12.4. The molecule has 4 nitrogen and oxygen atoms in total. The van der Waals surface area contributed by atoms with E-state index in [0.29, 0.717) is 6.54 Å². The molecule has 0 saturated carbocycles. The summed E-state index contributed by atoms with van der Waals surface area (Å²) in [5.41, 5.74) is 8.99. The zero-order valence-corrected chi connectivity index (χ0v) is 11.1. The van der Waals surface area contributed by atoms with E-state index < -0.39 is 6.10 Å². The molecule has 2 aromatic rings. The van der Waals surface area contributed by atoms with Gasteiger partial charge in [-0.15, -0.1) is 0 Å². The zero-order chi connectivity index (χ0) is 13.5. The molecule has 0 fully saturated rings. The first-order chi connectivity index (χ1) is 9.17. The summed E-state index contributed by atoms with van der Waals surface area (Å²) >= 11 is 0. The Hall–Kier alpha value is -1.65. The second-order valence-corrected chi connectivity index (χ2v) is 5.37. The molecule has 0 amide bonds. The lowest BCUT2D eigenvalue weighted by Gasteiger charge is -2.33. The molecule has 4 heteroatoms.